The topological polar surface area (TPSA) is 87.5 Å². The van der Waals surface area contributed by atoms with Crippen LogP contribution in [0.2, 0.25) is 0 Å². The van der Waals surface area contributed by atoms with E-state index in [1.165, 1.54) is 12.8 Å². The van der Waals surface area contributed by atoms with Crippen LogP contribution in [0.15, 0.2) is 41.5 Å². The van der Waals surface area contributed by atoms with Gasteiger partial charge in [0.2, 0.25) is 5.91 Å². The van der Waals surface area contributed by atoms with Gasteiger partial charge in [-0.15, -0.1) is 0 Å². The lowest BCUT2D eigenvalue weighted by Crippen LogP contribution is -2.47. The maximum atomic E-state index is 13.5. The molecule has 31 heavy (non-hydrogen) atoms. The third kappa shape index (κ3) is 3.49. The van der Waals surface area contributed by atoms with Crippen LogP contribution >= 0.6 is 0 Å². The maximum Gasteiger partial charge on any atom is 0.258 e. The molecule has 4 atom stereocenters. The van der Waals surface area contributed by atoms with Gasteiger partial charge in [0, 0.05) is 61.9 Å². The summed E-state index contributed by atoms with van der Waals surface area (Å²) in [6.07, 6.45) is 6.69. The highest BCUT2D eigenvalue weighted by atomic mass is 16.3. The van der Waals surface area contributed by atoms with Crippen LogP contribution in [0, 0.1) is 17.8 Å². The van der Waals surface area contributed by atoms with E-state index in [1.54, 1.807) is 12.4 Å². The van der Waals surface area contributed by atoms with Crippen molar-refractivity contribution in [1.29, 1.82) is 0 Å². The number of aromatic nitrogens is 2. The summed E-state index contributed by atoms with van der Waals surface area (Å²) in [5.41, 5.74) is 2.36. The third-order valence-electron chi connectivity index (χ3n) is 7.18. The molecule has 0 aromatic carbocycles. The van der Waals surface area contributed by atoms with E-state index < -0.39 is 0 Å². The molecule has 4 heterocycles. The second kappa shape index (κ2) is 8.20. The Morgan fingerprint density at radius 2 is 2.00 bits per heavy atom. The summed E-state index contributed by atoms with van der Waals surface area (Å²) in [6, 6.07) is 7.40. The minimum absolute atomic E-state index is 0.00620. The SMILES string of the molecule is CCCNC(=O)[C@@H]1[C@@H](CO)[C@@H]2Cn3c(ccc(-c4ccncc4)c3=O)[C@H]1N2CC1CC1. The van der Waals surface area contributed by atoms with Gasteiger partial charge in [-0.05, 0) is 55.0 Å². The molecule has 0 unspecified atom stereocenters. The Labute approximate surface area is 182 Å². The molecule has 7 heteroatoms. The Balaban J connectivity index is 1.59. The van der Waals surface area contributed by atoms with Gasteiger partial charge < -0.3 is 15.0 Å². The molecule has 1 aliphatic carbocycles. The van der Waals surface area contributed by atoms with Gasteiger partial charge in [-0.25, -0.2) is 0 Å². The Bertz CT molecular complexity index is 1020. The van der Waals surface area contributed by atoms with Crippen molar-refractivity contribution in [1.82, 2.24) is 19.8 Å². The molecule has 2 aromatic rings. The summed E-state index contributed by atoms with van der Waals surface area (Å²) < 4.78 is 1.85. The Morgan fingerprint density at radius 1 is 1.23 bits per heavy atom. The number of nitrogens with zero attached hydrogens (tertiary/aromatic N) is 3. The first-order chi connectivity index (χ1) is 15.1. The predicted molar refractivity (Wildman–Crippen MR) is 117 cm³/mol. The van der Waals surface area contributed by atoms with Gasteiger partial charge in [0.05, 0.1) is 12.0 Å². The van der Waals surface area contributed by atoms with E-state index in [4.69, 9.17) is 0 Å². The second-order valence-electron chi connectivity index (χ2n) is 9.14. The number of aliphatic hydroxyl groups is 1. The maximum absolute atomic E-state index is 13.5. The zero-order chi connectivity index (χ0) is 21.5. The van der Waals surface area contributed by atoms with Gasteiger partial charge in [-0.2, -0.15) is 0 Å². The molecular weight excluding hydrogens is 392 g/mol. The number of hydrogen-bond donors (Lipinski definition) is 2. The van der Waals surface area contributed by atoms with Crippen LogP contribution in [-0.4, -0.2) is 51.2 Å². The molecule has 1 amide bonds. The van der Waals surface area contributed by atoms with Gasteiger partial charge in [0.1, 0.15) is 0 Å². The first-order valence-electron chi connectivity index (χ1n) is 11.4. The van der Waals surface area contributed by atoms with Crippen molar-refractivity contribution in [2.45, 2.75) is 44.8 Å². The zero-order valence-electron chi connectivity index (χ0n) is 17.9. The molecule has 3 aliphatic rings. The van der Waals surface area contributed by atoms with Crippen LogP contribution < -0.4 is 10.9 Å². The second-order valence-corrected chi connectivity index (χ2v) is 9.14. The van der Waals surface area contributed by atoms with Crippen molar-refractivity contribution in [2.24, 2.45) is 17.8 Å². The van der Waals surface area contributed by atoms with Crippen molar-refractivity contribution in [2.75, 3.05) is 19.7 Å². The summed E-state index contributed by atoms with van der Waals surface area (Å²) in [5, 5.41) is 13.4. The Hall–Kier alpha value is -2.51. The van der Waals surface area contributed by atoms with Crippen LogP contribution in [0.25, 0.3) is 11.1 Å². The van der Waals surface area contributed by atoms with Crippen LogP contribution in [-0.2, 0) is 11.3 Å². The summed E-state index contributed by atoms with van der Waals surface area (Å²) >= 11 is 0. The fourth-order valence-corrected chi connectivity index (χ4v) is 5.49. The average molecular weight is 423 g/mol. The number of aliphatic hydroxyl groups excluding tert-OH is 1. The quantitative estimate of drug-likeness (QED) is 0.711. The van der Waals surface area contributed by atoms with Crippen molar-refractivity contribution in [3.05, 3.63) is 52.7 Å². The molecule has 164 valence electrons. The fraction of sp³-hybridized carbons (Fsp3) is 0.542. The molecule has 2 aromatic heterocycles. The number of carbonyl (C=O) groups is 1. The van der Waals surface area contributed by atoms with Crippen molar-refractivity contribution >= 4 is 5.91 Å². The fourth-order valence-electron chi connectivity index (χ4n) is 5.49. The molecule has 5 rings (SSSR count). The highest BCUT2D eigenvalue weighted by Crippen LogP contribution is 2.50. The largest absolute Gasteiger partial charge is 0.396 e. The number of carbonyl (C=O) groups excluding carboxylic acids is 1. The van der Waals surface area contributed by atoms with Gasteiger partial charge in [-0.3, -0.25) is 19.5 Å². The van der Waals surface area contributed by atoms with Crippen molar-refractivity contribution < 1.29 is 9.90 Å². The van der Waals surface area contributed by atoms with Gasteiger partial charge in [0.15, 0.2) is 0 Å². The number of pyridine rings is 2. The number of nitrogens with one attached hydrogen (secondary N) is 1. The van der Waals surface area contributed by atoms with E-state index in [-0.39, 0.29) is 42.0 Å². The van der Waals surface area contributed by atoms with E-state index in [0.717, 1.165) is 24.2 Å². The Morgan fingerprint density at radius 3 is 2.68 bits per heavy atom. The molecule has 2 fully saturated rings. The summed E-state index contributed by atoms with van der Waals surface area (Å²) in [6.45, 7) is 4.06. The Kier molecular flexibility index (Phi) is 5.40. The average Bonchev–Trinajstić information content (AvgIpc) is 3.58. The first-order valence-corrected chi connectivity index (χ1v) is 11.4. The number of fused-ring (bicyclic) bond motifs is 4. The van der Waals surface area contributed by atoms with Crippen LogP contribution in [0.1, 0.15) is 37.9 Å². The van der Waals surface area contributed by atoms with E-state index in [2.05, 4.69) is 15.2 Å². The third-order valence-corrected chi connectivity index (χ3v) is 7.18. The molecule has 2 bridgehead atoms. The predicted octanol–water partition coefficient (Wildman–Crippen LogP) is 1.81. The molecular formula is C24H30N4O3. The van der Waals surface area contributed by atoms with E-state index in [1.807, 2.05) is 35.8 Å². The van der Waals surface area contributed by atoms with Gasteiger partial charge >= 0.3 is 0 Å². The lowest BCUT2D eigenvalue weighted by atomic mass is 9.86. The molecule has 2 N–H and O–H groups in total. The van der Waals surface area contributed by atoms with Gasteiger partial charge in [-0.1, -0.05) is 6.92 Å². The summed E-state index contributed by atoms with van der Waals surface area (Å²) in [5.74, 6) is 0.133. The van der Waals surface area contributed by atoms with Crippen LogP contribution in [0.3, 0.4) is 0 Å². The lowest BCUT2D eigenvalue weighted by molar-refractivity contribution is -0.127. The normalized spacial score (nSPS) is 27.2. The highest BCUT2D eigenvalue weighted by Gasteiger charge is 2.56. The lowest BCUT2D eigenvalue weighted by Gasteiger charge is -2.38. The minimum Gasteiger partial charge on any atom is -0.396 e. The zero-order valence-corrected chi connectivity index (χ0v) is 17.9. The first kappa shape index (κ1) is 20.4. The van der Waals surface area contributed by atoms with Crippen LogP contribution in [0.4, 0.5) is 0 Å². The van der Waals surface area contributed by atoms with E-state index in [0.29, 0.717) is 24.6 Å². The smallest absolute Gasteiger partial charge is 0.258 e. The molecule has 7 nitrogen and oxygen atoms in total. The molecule has 2 aliphatic heterocycles. The molecule has 1 saturated heterocycles. The summed E-state index contributed by atoms with van der Waals surface area (Å²) in [4.78, 5) is 33.1. The summed E-state index contributed by atoms with van der Waals surface area (Å²) in [7, 11) is 0. The number of amides is 1. The van der Waals surface area contributed by atoms with Crippen molar-refractivity contribution in [3.63, 3.8) is 0 Å². The standard InChI is InChI=1S/C24H30N4O3/c1-2-9-26-23(30)21-18(14-29)20-13-28-19(22(21)27(20)12-15-3-4-15)6-5-17(24(28)31)16-7-10-25-11-8-16/h5-8,10-11,15,18,20-22,29H,2-4,9,12-14H2,1H3,(H,26,30)/t18-,20-,21+,22+/m0/s1. The van der Waals surface area contributed by atoms with Gasteiger partial charge in [0.25, 0.3) is 5.56 Å². The van der Waals surface area contributed by atoms with Crippen LogP contribution in [0.5, 0.6) is 0 Å². The number of hydrogen-bond acceptors (Lipinski definition) is 5. The monoisotopic (exact) mass is 422 g/mol. The van der Waals surface area contributed by atoms with E-state index in [9.17, 15) is 14.7 Å². The van der Waals surface area contributed by atoms with Crippen molar-refractivity contribution in [3.8, 4) is 11.1 Å². The molecule has 0 spiro atoms. The number of rotatable bonds is 7. The minimum atomic E-state index is -0.347. The highest BCUT2D eigenvalue weighted by molar-refractivity contribution is 5.80. The van der Waals surface area contributed by atoms with E-state index >= 15 is 0 Å². The molecule has 0 radical (unpaired) electrons. The molecule has 1 saturated carbocycles.